The number of rotatable bonds is 2. The minimum atomic E-state index is 0.634. The van der Waals surface area contributed by atoms with Crippen LogP contribution in [0.15, 0.2) is 10.9 Å². The van der Waals surface area contributed by atoms with Crippen LogP contribution in [0.2, 0.25) is 0 Å². The minimum Gasteiger partial charge on any atom is -0.375 e. The van der Waals surface area contributed by atoms with Gasteiger partial charge in [0.15, 0.2) is 5.13 Å². The summed E-state index contributed by atoms with van der Waals surface area (Å²) >= 11 is 3.15. The summed E-state index contributed by atoms with van der Waals surface area (Å²) in [7, 11) is 0. The Labute approximate surface area is 89.6 Å². The van der Waals surface area contributed by atoms with Crippen LogP contribution in [0.3, 0.4) is 0 Å². The van der Waals surface area contributed by atoms with Crippen LogP contribution < -0.4 is 5.73 Å². The average molecular weight is 223 g/mol. The number of nitrogens with zero attached hydrogens (tertiary/aromatic N) is 2. The van der Waals surface area contributed by atoms with Crippen molar-refractivity contribution < 1.29 is 0 Å². The number of aromatic nitrogens is 2. The second-order valence-electron chi connectivity index (χ2n) is 3.41. The number of nitrogen functional groups attached to an aromatic ring is 1. The highest BCUT2D eigenvalue weighted by Crippen LogP contribution is 2.45. The molecular weight excluding hydrogens is 214 g/mol. The van der Waals surface area contributed by atoms with Gasteiger partial charge in [-0.25, -0.2) is 9.97 Å². The number of hydrogen-bond acceptors (Lipinski definition) is 5. The third-order valence-corrected chi connectivity index (χ3v) is 3.85. The molecule has 0 radical (unpaired) electrons. The van der Waals surface area contributed by atoms with E-state index in [4.69, 9.17) is 5.73 Å². The molecule has 1 fully saturated rings. The maximum atomic E-state index is 5.62. The molecular formula is C9H9N3S2. The van der Waals surface area contributed by atoms with Gasteiger partial charge in [0.25, 0.3) is 0 Å². The van der Waals surface area contributed by atoms with Crippen molar-refractivity contribution in [3.8, 4) is 10.6 Å². The van der Waals surface area contributed by atoms with Crippen molar-refractivity contribution in [2.45, 2.75) is 18.8 Å². The van der Waals surface area contributed by atoms with Gasteiger partial charge in [-0.05, 0) is 12.8 Å². The monoisotopic (exact) mass is 223 g/mol. The van der Waals surface area contributed by atoms with E-state index >= 15 is 0 Å². The van der Waals surface area contributed by atoms with Crippen LogP contribution in [0.25, 0.3) is 10.6 Å². The van der Waals surface area contributed by atoms with Crippen LogP contribution in [0.1, 0.15) is 24.5 Å². The molecule has 3 rings (SSSR count). The molecule has 0 aromatic carbocycles. The van der Waals surface area contributed by atoms with Crippen LogP contribution in [0.5, 0.6) is 0 Å². The van der Waals surface area contributed by atoms with Gasteiger partial charge in [-0.1, -0.05) is 0 Å². The molecule has 1 aliphatic rings. The van der Waals surface area contributed by atoms with Crippen LogP contribution in [-0.2, 0) is 0 Å². The SMILES string of the molecule is Nc1nc(-c2scnc2C2CC2)cs1. The topological polar surface area (TPSA) is 51.8 Å². The Morgan fingerprint density at radius 3 is 2.86 bits per heavy atom. The van der Waals surface area contributed by atoms with E-state index in [0.29, 0.717) is 11.0 Å². The molecule has 2 aromatic rings. The lowest BCUT2D eigenvalue weighted by Crippen LogP contribution is -1.85. The first-order valence-electron chi connectivity index (χ1n) is 4.49. The largest absolute Gasteiger partial charge is 0.375 e. The first-order valence-corrected chi connectivity index (χ1v) is 6.25. The lowest BCUT2D eigenvalue weighted by molar-refractivity contribution is 1.05. The fourth-order valence-electron chi connectivity index (χ4n) is 1.49. The molecule has 0 saturated heterocycles. The zero-order valence-corrected chi connectivity index (χ0v) is 9.07. The summed E-state index contributed by atoms with van der Waals surface area (Å²) in [5.74, 6) is 0.680. The van der Waals surface area contributed by atoms with Gasteiger partial charge in [-0.15, -0.1) is 22.7 Å². The Morgan fingerprint density at radius 1 is 1.36 bits per heavy atom. The van der Waals surface area contributed by atoms with Gasteiger partial charge in [-0.2, -0.15) is 0 Å². The van der Waals surface area contributed by atoms with Crippen molar-refractivity contribution in [3.05, 3.63) is 16.6 Å². The van der Waals surface area contributed by atoms with Gasteiger partial charge in [0.2, 0.25) is 0 Å². The fraction of sp³-hybridized carbons (Fsp3) is 0.333. The number of nitrogens with two attached hydrogens (primary N) is 1. The highest BCUT2D eigenvalue weighted by Gasteiger charge is 2.29. The molecule has 2 heterocycles. The Balaban J connectivity index is 2.06. The van der Waals surface area contributed by atoms with Crippen LogP contribution in [0, 0.1) is 0 Å². The molecule has 0 aliphatic heterocycles. The average Bonchev–Trinajstić information content (AvgIpc) is 2.75. The predicted octanol–water partition coefficient (Wildman–Crippen LogP) is 2.73. The normalized spacial score (nSPS) is 16.0. The summed E-state index contributed by atoms with van der Waals surface area (Å²) in [5, 5.41) is 2.64. The Bertz CT molecular complexity index is 456. The van der Waals surface area contributed by atoms with Crippen LogP contribution >= 0.6 is 22.7 Å². The maximum absolute atomic E-state index is 5.62. The third kappa shape index (κ3) is 1.33. The van der Waals surface area contributed by atoms with E-state index in [-0.39, 0.29) is 0 Å². The fourth-order valence-corrected chi connectivity index (χ4v) is 2.95. The van der Waals surface area contributed by atoms with Crippen molar-refractivity contribution in [2.75, 3.05) is 5.73 Å². The molecule has 0 amide bonds. The van der Waals surface area contributed by atoms with Crippen molar-refractivity contribution in [3.63, 3.8) is 0 Å². The lowest BCUT2D eigenvalue weighted by atomic mass is 10.2. The predicted molar refractivity (Wildman–Crippen MR) is 59.6 cm³/mol. The molecule has 2 N–H and O–H groups in total. The van der Waals surface area contributed by atoms with Gasteiger partial charge < -0.3 is 5.73 Å². The van der Waals surface area contributed by atoms with Crippen LogP contribution in [0.4, 0.5) is 5.13 Å². The summed E-state index contributed by atoms with van der Waals surface area (Å²) in [6.45, 7) is 0. The van der Waals surface area contributed by atoms with Gasteiger partial charge in [-0.3, -0.25) is 0 Å². The van der Waals surface area contributed by atoms with Crippen molar-refractivity contribution >= 4 is 27.8 Å². The first-order chi connectivity index (χ1) is 6.84. The molecule has 5 heteroatoms. The summed E-state index contributed by atoms with van der Waals surface area (Å²) in [4.78, 5) is 9.91. The molecule has 14 heavy (non-hydrogen) atoms. The minimum absolute atomic E-state index is 0.634. The summed E-state index contributed by atoms with van der Waals surface area (Å²) in [6, 6.07) is 0. The summed E-state index contributed by atoms with van der Waals surface area (Å²) in [5.41, 5.74) is 9.74. The van der Waals surface area contributed by atoms with Gasteiger partial charge in [0.1, 0.15) is 0 Å². The molecule has 3 nitrogen and oxygen atoms in total. The Morgan fingerprint density at radius 2 is 2.21 bits per heavy atom. The lowest BCUT2D eigenvalue weighted by Gasteiger charge is -1.95. The Kier molecular flexibility index (Phi) is 1.81. The third-order valence-electron chi connectivity index (χ3n) is 2.31. The zero-order chi connectivity index (χ0) is 9.54. The van der Waals surface area contributed by atoms with Gasteiger partial charge in [0.05, 0.1) is 21.8 Å². The van der Waals surface area contributed by atoms with Crippen LogP contribution in [-0.4, -0.2) is 9.97 Å². The molecule has 1 saturated carbocycles. The van der Waals surface area contributed by atoms with Crippen molar-refractivity contribution in [1.29, 1.82) is 0 Å². The van der Waals surface area contributed by atoms with E-state index < -0.39 is 0 Å². The van der Waals surface area contributed by atoms with E-state index in [0.717, 1.165) is 5.69 Å². The molecule has 2 aromatic heterocycles. The van der Waals surface area contributed by atoms with E-state index in [1.54, 1.807) is 11.3 Å². The number of hydrogen-bond donors (Lipinski definition) is 1. The van der Waals surface area contributed by atoms with Gasteiger partial charge >= 0.3 is 0 Å². The smallest absolute Gasteiger partial charge is 0.180 e. The van der Waals surface area contributed by atoms with Crippen molar-refractivity contribution in [1.82, 2.24) is 9.97 Å². The first kappa shape index (κ1) is 8.38. The standard InChI is InChI=1S/C9H9N3S2/c10-9-12-6(3-13-9)8-7(5-1-2-5)11-4-14-8/h3-5H,1-2H2,(H2,10,12). The molecule has 0 bridgehead atoms. The second-order valence-corrected chi connectivity index (χ2v) is 5.16. The van der Waals surface area contributed by atoms with E-state index in [2.05, 4.69) is 9.97 Å². The second kappa shape index (κ2) is 3.03. The maximum Gasteiger partial charge on any atom is 0.180 e. The van der Waals surface area contributed by atoms with Gasteiger partial charge in [0, 0.05) is 11.3 Å². The molecule has 0 spiro atoms. The van der Waals surface area contributed by atoms with Crippen molar-refractivity contribution in [2.24, 2.45) is 0 Å². The van der Waals surface area contributed by atoms with E-state index in [9.17, 15) is 0 Å². The van der Waals surface area contributed by atoms with E-state index in [1.165, 1.54) is 34.7 Å². The molecule has 72 valence electrons. The van der Waals surface area contributed by atoms with E-state index in [1.807, 2.05) is 10.9 Å². The number of thiazole rings is 2. The summed E-state index contributed by atoms with van der Waals surface area (Å²) in [6.07, 6.45) is 2.55. The summed E-state index contributed by atoms with van der Waals surface area (Å²) < 4.78 is 0. The highest BCUT2D eigenvalue weighted by atomic mass is 32.1. The molecule has 0 atom stereocenters. The highest BCUT2D eigenvalue weighted by molar-refractivity contribution is 7.15. The zero-order valence-electron chi connectivity index (χ0n) is 7.43. The molecule has 1 aliphatic carbocycles. The number of anilines is 1. The Hall–Kier alpha value is -0.940. The molecule has 0 unspecified atom stereocenters. The quantitative estimate of drug-likeness (QED) is 0.851.